The molecule has 0 rings (SSSR count). The smallest absolute Gasteiger partial charge is 0.243 e. The van der Waals surface area contributed by atoms with E-state index in [9.17, 15) is 4.79 Å². The van der Waals surface area contributed by atoms with Gasteiger partial charge in [0.1, 0.15) is 0 Å². The Bertz CT molecular complexity index is 158. The molecule has 0 aromatic rings. The third kappa shape index (κ3) is 11.8. The lowest BCUT2D eigenvalue weighted by atomic mass is 10.4. The highest BCUT2D eigenvalue weighted by molar-refractivity contribution is 5.86. The van der Waals surface area contributed by atoms with Crippen LogP contribution < -0.4 is 5.32 Å². The third-order valence-electron chi connectivity index (χ3n) is 0.721. The van der Waals surface area contributed by atoms with Crippen molar-refractivity contribution in [1.82, 2.24) is 5.32 Å². The second-order valence-electron chi connectivity index (χ2n) is 1.40. The Morgan fingerprint density at radius 1 is 1.64 bits per heavy atom. The first-order valence-electron chi connectivity index (χ1n) is 3.08. The van der Waals surface area contributed by atoms with Crippen molar-refractivity contribution >= 4 is 5.91 Å². The Morgan fingerprint density at radius 3 is 2.55 bits per heavy atom. The van der Waals surface area contributed by atoms with Gasteiger partial charge in [0.25, 0.3) is 0 Å². The number of nitrogens with one attached hydrogen (secondary N) is 1. The van der Waals surface area contributed by atoms with E-state index in [0.717, 1.165) is 0 Å². The molecule has 1 amide bonds. The number of hydrogen-bond acceptors (Lipinski definition) is 2. The average Bonchev–Trinajstić information content (AvgIpc) is 2.08. The van der Waals surface area contributed by atoms with Crippen LogP contribution in [0.4, 0.5) is 0 Å². The number of hydrogen-bond donors (Lipinski definition) is 1. The predicted molar refractivity (Wildman–Crippen MR) is 44.7 cm³/mol. The molecule has 3 nitrogen and oxygen atoms in total. The van der Waals surface area contributed by atoms with E-state index in [1.807, 2.05) is 6.07 Å². The summed E-state index contributed by atoms with van der Waals surface area (Å²) in [7, 11) is 0. The minimum absolute atomic E-state index is 0.231. The van der Waals surface area contributed by atoms with Gasteiger partial charge in [0, 0.05) is 6.54 Å². The zero-order valence-corrected chi connectivity index (χ0v) is 6.47. The molecule has 0 aliphatic rings. The second kappa shape index (κ2) is 11.3. The summed E-state index contributed by atoms with van der Waals surface area (Å²) in [5, 5.41) is 10.5. The van der Waals surface area contributed by atoms with Gasteiger partial charge in [-0.25, -0.2) is 0 Å². The molecule has 0 spiro atoms. The molecule has 0 bridgehead atoms. The molecule has 0 aliphatic carbocycles. The van der Waals surface area contributed by atoms with Gasteiger partial charge in [-0.2, -0.15) is 5.26 Å². The van der Waals surface area contributed by atoms with Gasteiger partial charge < -0.3 is 5.32 Å². The Kier molecular flexibility index (Phi) is 12.4. The first kappa shape index (κ1) is 12.1. The van der Waals surface area contributed by atoms with Crippen molar-refractivity contribution < 1.29 is 4.79 Å². The number of carbonyl (C=O) groups is 1. The number of nitriles is 1. The molecule has 0 saturated heterocycles. The molecular weight excluding hydrogens is 140 g/mol. The summed E-state index contributed by atoms with van der Waals surface area (Å²) in [5.74, 6) is -0.231. The van der Waals surface area contributed by atoms with E-state index in [1.54, 1.807) is 0 Å². The molecule has 0 aromatic carbocycles. The summed E-state index contributed by atoms with van der Waals surface area (Å²) in [6, 6.07) is 1.90. The normalized spacial score (nSPS) is 6.45. The summed E-state index contributed by atoms with van der Waals surface area (Å²) in [4.78, 5) is 10.3. The molecule has 0 unspecified atom stereocenters. The lowest BCUT2D eigenvalue weighted by molar-refractivity contribution is -0.116. The number of amides is 1. The third-order valence-corrected chi connectivity index (χ3v) is 0.721. The van der Waals surface area contributed by atoms with E-state index in [1.165, 1.54) is 6.08 Å². The van der Waals surface area contributed by atoms with Gasteiger partial charge in [-0.05, 0) is 6.08 Å². The average molecular weight is 152 g/mol. The highest BCUT2D eigenvalue weighted by Gasteiger charge is 1.88. The fourth-order valence-corrected chi connectivity index (χ4v) is 0.314. The van der Waals surface area contributed by atoms with Crippen molar-refractivity contribution in [2.24, 2.45) is 0 Å². The van der Waals surface area contributed by atoms with Gasteiger partial charge in [-0.1, -0.05) is 6.58 Å². The van der Waals surface area contributed by atoms with Crippen molar-refractivity contribution in [1.29, 1.82) is 5.26 Å². The highest BCUT2D eigenvalue weighted by Crippen LogP contribution is 1.70. The maximum Gasteiger partial charge on any atom is 0.243 e. The number of nitrogens with zero attached hydrogens (tertiary/aromatic N) is 1. The molecule has 0 heterocycles. The molecule has 1 N–H and O–H groups in total. The van der Waals surface area contributed by atoms with Crippen LogP contribution in [0, 0.1) is 11.3 Å². The van der Waals surface area contributed by atoms with Crippen molar-refractivity contribution in [2.45, 2.75) is 6.42 Å². The molecule has 60 valence electrons. The largest absolute Gasteiger partial charge is 0.352 e. The summed E-state index contributed by atoms with van der Waals surface area (Å²) >= 11 is 0. The van der Waals surface area contributed by atoms with Crippen LogP contribution in [0.15, 0.2) is 25.8 Å². The first-order chi connectivity index (χ1) is 5.31. The van der Waals surface area contributed by atoms with Gasteiger partial charge in [0.15, 0.2) is 0 Å². The standard InChI is InChI=1S/C6H8N2O.C2H4/c1-2-6(9)8-5-3-4-7;1-2/h2H,1,3,5H2,(H,8,9);1-2H2. The first-order valence-corrected chi connectivity index (χ1v) is 3.08. The van der Waals surface area contributed by atoms with Crippen molar-refractivity contribution in [3.63, 3.8) is 0 Å². The lowest BCUT2D eigenvalue weighted by Gasteiger charge is -1.93. The van der Waals surface area contributed by atoms with Crippen LogP contribution in [-0.4, -0.2) is 12.5 Å². The Balaban J connectivity index is 0. The number of carbonyl (C=O) groups excluding carboxylic acids is 1. The minimum Gasteiger partial charge on any atom is -0.352 e. The van der Waals surface area contributed by atoms with Crippen molar-refractivity contribution in [3.05, 3.63) is 25.8 Å². The van der Waals surface area contributed by atoms with Crippen LogP contribution in [0.5, 0.6) is 0 Å². The van der Waals surface area contributed by atoms with Crippen LogP contribution in [-0.2, 0) is 4.79 Å². The molecule has 0 atom stereocenters. The molecular formula is C8H12N2O. The maximum atomic E-state index is 10.3. The predicted octanol–water partition coefficient (Wildman–Crippen LogP) is 1.00. The Labute approximate surface area is 67.0 Å². The lowest BCUT2D eigenvalue weighted by Crippen LogP contribution is -2.21. The van der Waals surface area contributed by atoms with Gasteiger partial charge >= 0.3 is 0 Å². The molecule has 0 aliphatic heterocycles. The fourth-order valence-electron chi connectivity index (χ4n) is 0.314. The SMILES string of the molecule is C=C.C=CC(=O)NCCC#N. The summed E-state index contributed by atoms with van der Waals surface area (Å²) in [5.41, 5.74) is 0. The van der Waals surface area contributed by atoms with E-state index >= 15 is 0 Å². The van der Waals surface area contributed by atoms with Crippen LogP contribution in [0.25, 0.3) is 0 Å². The van der Waals surface area contributed by atoms with Crippen molar-refractivity contribution in [3.8, 4) is 6.07 Å². The van der Waals surface area contributed by atoms with E-state index in [2.05, 4.69) is 25.1 Å². The second-order valence-corrected chi connectivity index (χ2v) is 1.40. The minimum atomic E-state index is -0.231. The summed E-state index contributed by atoms with van der Waals surface area (Å²) < 4.78 is 0. The van der Waals surface area contributed by atoms with Crippen molar-refractivity contribution in [2.75, 3.05) is 6.54 Å². The van der Waals surface area contributed by atoms with Crippen LogP contribution in [0.1, 0.15) is 6.42 Å². The molecule has 0 saturated carbocycles. The van der Waals surface area contributed by atoms with Gasteiger partial charge in [-0.15, -0.1) is 13.2 Å². The molecule has 0 aromatic heterocycles. The highest BCUT2D eigenvalue weighted by atomic mass is 16.1. The fraction of sp³-hybridized carbons (Fsp3) is 0.250. The zero-order valence-electron chi connectivity index (χ0n) is 6.47. The van der Waals surface area contributed by atoms with Crippen LogP contribution in [0.3, 0.4) is 0 Å². The maximum absolute atomic E-state index is 10.3. The Morgan fingerprint density at radius 2 is 2.18 bits per heavy atom. The monoisotopic (exact) mass is 152 g/mol. The number of rotatable bonds is 3. The van der Waals surface area contributed by atoms with Gasteiger partial charge in [0.2, 0.25) is 5.91 Å². The summed E-state index contributed by atoms with van der Waals surface area (Å²) in [6.07, 6.45) is 1.52. The van der Waals surface area contributed by atoms with Gasteiger partial charge in [-0.3, -0.25) is 4.79 Å². The van der Waals surface area contributed by atoms with E-state index in [-0.39, 0.29) is 5.91 Å². The molecule has 11 heavy (non-hydrogen) atoms. The van der Waals surface area contributed by atoms with E-state index in [4.69, 9.17) is 5.26 Å². The topological polar surface area (TPSA) is 52.9 Å². The zero-order chi connectivity index (χ0) is 9.11. The summed E-state index contributed by atoms with van der Waals surface area (Å²) in [6.45, 7) is 9.65. The van der Waals surface area contributed by atoms with E-state index in [0.29, 0.717) is 13.0 Å². The molecule has 0 fully saturated rings. The quantitative estimate of drug-likeness (QED) is 0.372. The Hall–Kier alpha value is -1.56. The molecule has 3 heteroatoms. The van der Waals surface area contributed by atoms with Crippen LogP contribution in [0.2, 0.25) is 0 Å². The van der Waals surface area contributed by atoms with E-state index < -0.39 is 0 Å². The van der Waals surface area contributed by atoms with Crippen LogP contribution >= 0.6 is 0 Å². The van der Waals surface area contributed by atoms with Gasteiger partial charge in [0.05, 0.1) is 12.5 Å². The molecule has 0 radical (unpaired) electrons.